The molecule has 0 aromatic heterocycles. The summed E-state index contributed by atoms with van der Waals surface area (Å²) in [4.78, 5) is 0. The molecule has 3 aliphatic carbocycles. The molecule has 0 heteroatoms. The Balaban J connectivity index is 1.64. The van der Waals surface area contributed by atoms with Gasteiger partial charge in [0, 0.05) is 12.3 Å². The highest BCUT2D eigenvalue weighted by Gasteiger charge is 2.61. The second-order valence-corrected chi connectivity index (χ2v) is 6.99. The van der Waals surface area contributed by atoms with E-state index in [4.69, 9.17) is 0 Å². The van der Waals surface area contributed by atoms with Crippen LogP contribution in [0.25, 0.3) is 0 Å². The molecule has 0 aromatic rings. The van der Waals surface area contributed by atoms with Crippen LogP contribution in [0.2, 0.25) is 0 Å². The lowest BCUT2D eigenvalue weighted by molar-refractivity contribution is 0.263. The van der Waals surface area contributed by atoms with E-state index in [9.17, 15) is 0 Å². The van der Waals surface area contributed by atoms with Gasteiger partial charge in [-0.1, -0.05) is 38.5 Å². The van der Waals surface area contributed by atoms with Gasteiger partial charge in [0.15, 0.2) is 0 Å². The largest absolute Gasteiger partial charge is 0.103 e. The van der Waals surface area contributed by atoms with Crippen LogP contribution < -0.4 is 0 Å². The van der Waals surface area contributed by atoms with Gasteiger partial charge in [0.25, 0.3) is 0 Å². The lowest BCUT2D eigenvalue weighted by atomic mass is 9.79. The third-order valence-corrected chi connectivity index (χ3v) is 5.99. The van der Waals surface area contributed by atoms with Crippen molar-refractivity contribution in [3.8, 4) is 11.8 Å². The van der Waals surface area contributed by atoms with Gasteiger partial charge in [-0.25, -0.2) is 0 Å². The summed E-state index contributed by atoms with van der Waals surface area (Å²) in [6, 6.07) is 0. The van der Waals surface area contributed by atoms with Crippen LogP contribution in [-0.2, 0) is 0 Å². The van der Waals surface area contributed by atoms with Crippen molar-refractivity contribution >= 4 is 0 Å². The molecule has 0 aromatic carbocycles. The molecule has 100 valence electrons. The van der Waals surface area contributed by atoms with Crippen molar-refractivity contribution in [2.45, 2.75) is 77.6 Å². The number of hydrogen-bond donors (Lipinski definition) is 0. The topological polar surface area (TPSA) is 0 Å². The van der Waals surface area contributed by atoms with Crippen LogP contribution in [0.5, 0.6) is 0 Å². The van der Waals surface area contributed by atoms with Crippen LogP contribution in [0.3, 0.4) is 0 Å². The molecule has 4 atom stereocenters. The molecule has 2 fully saturated rings. The summed E-state index contributed by atoms with van der Waals surface area (Å²) in [6.45, 7) is 2.40. The average molecular weight is 244 g/mol. The summed E-state index contributed by atoms with van der Waals surface area (Å²) in [5, 5.41) is 0. The molecule has 0 saturated heterocycles. The lowest BCUT2D eigenvalue weighted by Gasteiger charge is -2.25. The van der Waals surface area contributed by atoms with Crippen molar-refractivity contribution in [3.63, 3.8) is 0 Å². The molecule has 18 heavy (non-hydrogen) atoms. The Morgan fingerprint density at radius 2 is 1.94 bits per heavy atom. The second-order valence-electron chi connectivity index (χ2n) is 6.99. The van der Waals surface area contributed by atoms with E-state index in [1.807, 2.05) is 0 Å². The van der Waals surface area contributed by atoms with Gasteiger partial charge in [-0.05, 0) is 55.8 Å². The maximum Gasteiger partial charge on any atom is 0.0208 e. The minimum atomic E-state index is 0.736. The monoisotopic (exact) mass is 244 g/mol. The van der Waals surface area contributed by atoms with Gasteiger partial charge >= 0.3 is 0 Å². The molecule has 0 bridgehead atoms. The van der Waals surface area contributed by atoms with Crippen LogP contribution in [0.15, 0.2) is 0 Å². The summed E-state index contributed by atoms with van der Waals surface area (Å²) < 4.78 is 0. The zero-order valence-corrected chi connectivity index (χ0v) is 12.0. The summed E-state index contributed by atoms with van der Waals surface area (Å²) >= 11 is 0. The highest BCUT2D eigenvalue weighted by Crippen LogP contribution is 2.70. The predicted octanol–water partition coefficient (Wildman–Crippen LogP) is 5.18. The van der Waals surface area contributed by atoms with Gasteiger partial charge in [0.2, 0.25) is 0 Å². The molecule has 2 saturated carbocycles. The Bertz CT molecular complexity index is 345. The molecule has 0 amide bonds. The van der Waals surface area contributed by atoms with Gasteiger partial charge < -0.3 is 0 Å². The van der Waals surface area contributed by atoms with Crippen molar-refractivity contribution in [2.24, 2.45) is 23.2 Å². The van der Waals surface area contributed by atoms with E-state index in [1.165, 1.54) is 57.8 Å². The Morgan fingerprint density at radius 1 is 1.06 bits per heavy atom. The first-order chi connectivity index (χ1) is 8.85. The van der Waals surface area contributed by atoms with E-state index in [2.05, 4.69) is 18.8 Å². The fraction of sp³-hybridized carbons (Fsp3) is 0.889. The third-order valence-electron chi connectivity index (χ3n) is 5.99. The van der Waals surface area contributed by atoms with Crippen molar-refractivity contribution in [1.82, 2.24) is 0 Å². The third kappa shape index (κ3) is 2.34. The fourth-order valence-corrected chi connectivity index (χ4v) is 4.86. The molecular formula is C18H28. The number of hydrogen-bond acceptors (Lipinski definition) is 0. The quantitative estimate of drug-likeness (QED) is 0.600. The molecule has 3 rings (SSSR count). The first-order valence-corrected chi connectivity index (χ1v) is 8.33. The Hall–Kier alpha value is -0.440. The normalized spacial score (nSPS) is 43.1. The predicted molar refractivity (Wildman–Crippen MR) is 77.1 cm³/mol. The summed E-state index contributed by atoms with van der Waals surface area (Å²) in [6.07, 6.45) is 15.6. The van der Waals surface area contributed by atoms with Crippen molar-refractivity contribution < 1.29 is 0 Å². The maximum absolute atomic E-state index is 3.63. The zero-order valence-electron chi connectivity index (χ0n) is 12.0. The molecule has 0 spiro atoms. The highest BCUT2D eigenvalue weighted by atomic mass is 14.7. The van der Waals surface area contributed by atoms with E-state index >= 15 is 0 Å². The maximum atomic E-state index is 3.63. The first-order valence-electron chi connectivity index (χ1n) is 8.33. The van der Waals surface area contributed by atoms with Crippen molar-refractivity contribution in [3.05, 3.63) is 0 Å². The number of fused-ring (bicyclic) bond motifs is 1. The molecule has 3 aliphatic rings. The Kier molecular flexibility index (Phi) is 3.69. The molecule has 0 radical (unpaired) electrons. The summed E-state index contributed by atoms with van der Waals surface area (Å²) in [5.74, 6) is 9.97. The van der Waals surface area contributed by atoms with Crippen LogP contribution in [-0.4, -0.2) is 0 Å². The van der Waals surface area contributed by atoms with Gasteiger partial charge in [-0.3, -0.25) is 0 Å². The highest BCUT2D eigenvalue weighted by molar-refractivity contribution is 5.14. The van der Waals surface area contributed by atoms with E-state index < -0.39 is 0 Å². The Morgan fingerprint density at radius 3 is 2.78 bits per heavy atom. The second kappa shape index (κ2) is 5.28. The molecule has 0 N–H and O–H groups in total. The van der Waals surface area contributed by atoms with E-state index in [-0.39, 0.29) is 0 Å². The Labute approximate surface area is 113 Å². The zero-order chi connectivity index (χ0) is 12.4. The fourth-order valence-electron chi connectivity index (χ4n) is 4.86. The van der Waals surface area contributed by atoms with Gasteiger partial charge in [0.1, 0.15) is 0 Å². The minimum Gasteiger partial charge on any atom is -0.103 e. The van der Waals surface area contributed by atoms with E-state index in [1.54, 1.807) is 6.42 Å². The average Bonchev–Trinajstić information content (AvgIpc) is 2.93. The van der Waals surface area contributed by atoms with Gasteiger partial charge in [-0.15, -0.1) is 5.92 Å². The molecule has 0 nitrogen and oxygen atoms in total. The van der Waals surface area contributed by atoms with Crippen LogP contribution in [0.1, 0.15) is 77.6 Å². The molecule has 3 unspecified atom stereocenters. The van der Waals surface area contributed by atoms with Crippen LogP contribution >= 0.6 is 0 Å². The lowest BCUT2D eigenvalue weighted by Crippen LogP contribution is -2.17. The van der Waals surface area contributed by atoms with Crippen LogP contribution in [0.4, 0.5) is 0 Å². The van der Waals surface area contributed by atoms with E-state index in [0.717, 1.165) is 29.6 Å². The summed E-state index contributed by atoms with van der Waals surface area (Å²) in [5.41, 5.74) is 0.766. The smallest absolute Gasteiger partial charge is 0.0208 e. The van der Waals surface area contributed by atoms with E-state index in [0.29, 0.717) is 0 Å². The van der Waals surface area contributed by atoms with Gasteiger partial charge in [0.05, 0.1) is 0 Å². The molecule has 0 aliphatic heterocycles. The van der Waals surface area contributed by atoms with Gasteiger partial charge in [-0.2, -0.15) is 0 Å². The first kappa shape index (κ1) is 12.6. The van der Waals surface area contributed by atoms with Crippen molar-refractivity contribution in [1.29, 1.82) is 0 Å². The van der Waals surface area contributed by atoms with Crippen molar-refractivity contribution in [2.75, 3.05) is 0 Å². The minimum absolute atomic E-state index is 0.736. The number of rotatable bonds is 3. The SMILES string of the molecule is CC[C@@H]1CCC2CC21CC1C#CCCCCCC1. The molecule has 0 heterocycles. The molecular weight excluding hydrogens is 216 g/mol. The standard InChI is InChI=1S/C18H28/c1-2-16-11-12-17-14-18(16,17)13-15-9-7-5-3-4-6-8-10-15/h15-17H,2-7,9,11-14H2,1H3/t15?,16-,17?,18?/m1/s1. The van der Waals surface area contributed by atoms with Crippen LogP contribution in [0, 0.1) is 35.0 Å². The summed E-state index contributed by atoms with van der Waals surface area (Å²) in [7, 11) is 0.